The molecule has 0 unspecified atom stereocenters. The van der Waals surface area contributed by atoms with Crippen molar-refractivity contribution in [3.63, 3.8) is 0 Å². The Bertz CT molecular complexity index is 451. The van der Waals surface area contributed by atoms with E-state index in [1.165, 1.54) is 0 Å². The minimum Gasteiger partial charge on any atom is -0.337 e. The number of likely N-dealkylation sites (N-methyl/N-ethyl adjacent to an activating group) is 1. The fourth-order valence-electron chi connectivity index (χ4n) is 2.08. The van der Waals surface area contributed by atoms with Gasteiger partial charge in [0, 0.05) is 24.7 Å². The summed E-state index contributed by atoms with van der Waals surface area (Å²) in [4.78, 5) is 16.5. The maximum atomic E-state index is 12.4. The topological polar surface area (TPSA) is 23.6 Å². The molecule has 3 nitrogen and oxygen atoms in total. The van der Waals surface area contributed by atoms with Gasteiger partial charge in [-0.1, -0.05) is 23.2 Å². The van der Waals surface area contributed by atoms with Gasteiger partial charge < -0.3 is 9.80 Å². The Morgan fingerprint density at radius 2 is 1.94 bits per heavy atom. The van der Waals surface area contributed by atoms with Crippen LogP contribution >= 0.6 is 23.2 Å². The van der Waals surface area contributed by atoms with E-state index in [1.54, 1.807) is 18.2 Å². The first-order chi connectivity index (χ1) is 8.58. The van der Waals surface area contributed by atoms with E-state index in [9.17, 15) is 4.79 Å². The molecule has 1 aromatic carbocycles. The second-order valence-corrected chi connectivity index (χ2v) is 5.42. The van der Waals surface area contributed by atoms with E-state index in [0.717, 1.165) is 32.6 Å². The van der Waals surface area contributed by atoms with Gasteiger partial charge in [-0.05, 0) is 38.2 Å². The lowest BCUT2D eigenvalue weighted by atomic mass is 10.2. The number of rotatable bonds is 1. The molecule has 1 aliphatic rings. The van der Waals surface area contributed by atoms with Crippen molar-refractivity contribution in [3.05, 3.63) is 33.8 Å². The van der Waals surface area contributed by atoms with Gasteiger partial charge >= 0.3 is 0 Å². The molecule has 1 aliphatic heterocycles. The van der Waals surface area contributed by atoms with Crippen molar-refractivity contribution in [2.75, 3.05) is 33.2 Å². The first-order valence-corrected chi connectivity index (χ1v) is 6.76. The van der Waals surface area contributed by atoms with Gasteiger partial charge in [0.05, 0.1) is 10.6 Å². The van der Waals surface area contributed by atoms with Crippen molar-refractivity contribution in [2.45, 2.75) is 6.42 Å². The summed E-state index contributed by atoms with van der Waals surface area (Å²) in [5.41, 5.74) is 0.494. The van der Waals surface area contributed by atoms with E-state index in [4.69, 9.17) is 23.2 Å². The van der Waals surface area contributed by atoms with E-state index in [-0.39, 0.29) is 5.91 Å². The Morgan fingerprint density at radius 1 is 1.17 bits per heavy atom. The number of carbonyl (C=O) groups is 1. The quantitative estimate of drug-likeness (QED) is 0.793. The minimum atomic E-state index is -0.0298. The molecule has 5 heteroatoms. The molecular formula is C13H16Cl2N2O. The Balaban J connectivity index is 2.17. The zero-order valence-electron chi connectivity index (χ0n) is 10.3. The molecular weight excluding hydrogens is 271 g/mol. The van der Waals surface area contributed by atoms with Crippen LogP contribution in [0.5, 0.6) is 0 Å². The lowest BCUT2D eigenvalue weighted by Gasteiger charge is -2.21. The smallest absolute Gasteiger partial charge is 0.255 e. The summed E-state index contributed by atoms with van der Waals surface area (Å²) < 4.78 is 0. The van der Waals surface area contributed by atoms with Gasteiger partial charge in [-0.2, -0.15) is 0 Å². The average molecular weight is 287 g/mol. The Morgan fingerprint density at radius 3 is 2.72 bits per heavy atom. The highest BCUT2D eigenvalue weighted by atomic mass is 35.5. The van der Waals surface area contributed by atoms with Crippen LogP contribution in [0.4, 0.5) is 0 Å². The SMILES string of the molecule is CN1CCCN(C(=O)c2cc(Cl)ccc2Cl)CC1. The number of halogens is 2. The molecule has 0 bridgehead atoms. The fraction of sp³-hybridized carbons (Fsp3) is 0.462. The number of hydrogen-bond acceptors (Lipinski definition) is 2. The largest absolute Gasteiger partial charge is 0.337 e. The summed E-state index contributed by atoms with van der Waals surface area (Å²) in [5, 5.41) is 0.997. The van der Waals surface area contributed by atoms with Crippen molar-refractivity contribution in [3.8, 4) is 0 Å². The summed E-state index contributed by atoms with van der Waals surface area (Å²) in [6.07, 6.45) is 0.987. The third-order valence-electron chi connectivity index (χ3n) is 3.17. The fourth-order valence-corrected chi connectivity index (χ4v) is 2.45. The van der Waals surface area contributed by atoms with Crippen LogP contribution in [0.2, 0.25) is 10.0 Å². The van der Waals surface area contributed by atoms with E-state index in [1.807, 2.05) is 4.90 Å². The number of hydrogen-bond donors (Lipinski definition) is 0. The third kappa shape index (κ3) is 3.16. The molecule has 1 aromatic rings. The van der Waals surface area contributed by atoms with Gasteiger partial charge in [0.2, 0.25) is 0 Å². The number of amides is 1. The first-order valence-electron chi connectivity index (χ1n) is 6.01. The molecule has 0 spiro atoms. The lowest BCUT2D eigenvalue weighted by Crippen LogP contribution is -2.34. The van der Waals surface area contributed by atoms with Crippen LogP contribution in [0.3, 0.4) is 0 Å². The van der Waals surface area contributed by atoms with Gasteiger partial charge in [-0.3, -0.25) is 4.79 Å². The molecule has 0 atom stereocenters. The normalized spacial score (nSPS) is 17.6. The summed E-state index contributed by atoms with van der Waals surface area (Å²) in [6, 6.07) is 5.00. The molecule has 0 aromatic heterocycles. The van der Waals surface area contributed by atoms with Crippen LogP contribution in [0.15, 0.2) is 18.2 Å². The predicted octanol–water partition coefficient (Wildman–Crippen LogP) is 2.77. The molecule has 1 saturated heterocycles. The molecule has 1 fully saturated rings. The molecule has 1 amide bonds. The van der Waals surface area contributed by atoms with Crippen molar-refractivity contribution >= 4 is 29.1 Å². The highest BCUT2D eigenvalue weighted by Gasteiger charge is 2.20. The Labute approximate surface area is 117 Å². The number of nitrogens with zero attached hydrogens (tertiary/aromatic N) is 2. The molecule has 1 heterocycles. The molecule has 0 aliphatic carbocycles. The predicted molar refractivity (Wildman–Crippen MR) is 74.5 cm³/mol. The molecule has 0 radical (unpaired) electrons. The van der Waals surface area contributed by atoms with Crippen molar-refractivity contribution in [1.82, 2.24) is 9.80 Å². The monoisotopic (exact) mass is 286 g/mol. The van der Waals surface area contributed by atoms with Crippen LogP contribution < -0.4 is 0 Å². The van der Waals surface area contributed by atoms with Crippen LogP contribution in [-0.4, -0.2) is 48.9 Å². The van der Waals surface area contributed by atoms with Crippen LogP contribution in [-0.2, 0) is 0 Å². The Kier molecular flexibility index (Phi) is 4.49. The van der Waals surface area contributed by atoms with E-state index in [2.05, 4.69) is 11.9 Å². The highest BCUT2D eigenvalue weighted by molar-refractivity contribution is 6.35. The molecule has 2 rings (SSSR count). The maximum Gasteiger partial charge on any atom is 0.255 e. The summed E-state index contributed by atoms with van der Waals surface area (Å²) in [6.45, 7) is 3.42. The van der Waals surface area contributed by atoms with E-state index >= 15 is 0 Å². The van der Waals surface area contributed by atoms with Gasteiger partial charge in [0.1, 0.15) is 0 Å². The van der Waals surface area contributed by atoms with E-state index < -0.39 is 0 Å². The standard InChI is InChI=1S/C13H16Cl2N2O/c1-16-5-2-6-17(8-7-16)13(18)11-9-10(14)3-4-12(11)15/h3-4,9H,2,5-8H2,1H3. The summed E-state index contributed by atoms with van der Waals surface area (Å²) in [5.74, 6) is -0.0298. The second-order valence-electron chi connectivity index (χ2n) is 4.57. The zero-order valence-corrected chi connectivity index (χ0v) is 11.8. The molecule has 98 valence electrons. The van der Waals surface area contributed by atoms with Gasteiger partial charge in [0.15, 0.2) is 0 Å². The minimum absolute atomic E-state index is 0.0298. The van der Waals surface area contributed by atoms with Gasteiger partial charge in [-0.25, -0.2) is 0 Å². The molecule has 18 heavy (non-hydrogen) atoms. The lowest BCUT2D eigenvalue weighted by molar-refractivity contribution is 0.0763. The number of benzene rings is 1. The average Bonchev–Trinajstić information content (AvgIpc) is 2.56. The van der Waals surface area contributed by atoms with Crippen molar-refractivity contribution < 1.29 is 4.79 Å². The van der Waals surface area contributed by atoms with Gasteiger partial charge in [0.25, 0.3) is 5.91 Å². The van der Waals surface area contributed by atoms with Gasteiger partial charge in [-0.15, -0.1) is 0 Å². The zero-order chi connectivity index (χ0) is 13.1. The second kappa shape index (κ2) is 5.91. The van der Waals surface area contributed by atoms with Crippen molar-refractivity contribution in [2.24, 2.45) is 0 Å². The first kappa shape index (κ1) is 13.7. The third-order valence-corrected chi connectivity index (χ3v) is 3.73. The van der Waals surface area contributed by atoms with Crippen LogP contribution in [0.1, 0.15) is 16.8 Å². The molecule has 0 saturated carbocycles. The molecule has 0 N–H and O–H groups in total. The van der Waals surface area contributed by atoms with Crippen LogP contribution in [0, 0.1) is 0 Å². The van der Waals surface area contributed by atoms with Crippen LogP contribution in [0.25, 0.3) is 0 Å². The van der Waals surface area contributed by atoms with Crippen molar-refractivity contribution in [1.29, 1.82) is 0 Å². The maximum absolute atomic E-state index is 12.4. The highest BCUT2D eigenvalue weighted by Crippen LogP contribution is 2.22. The Hall–Kier alpha value is -0.770. The summed E-state index contributed by atoms with van der Waals surface area (Å²) in [7, 11) is 2.07. The van der Waals surface area contributed by atoms with E-state index in [0.29, 0.717) is 15.6 Å². The summed E-state index contributed by atoms with van der Waals surface area (Å²) >= 11 is 12.0. The number of carbonyl (C=O) groups excluding carboxylic acids is 1.